The van der Waals surface area contributed by atoms with E-state index in [-0.39, 0.29) is 0 Å². The molecule has 1 heteroatoms. The third-order valence-electron chi connectivity index (χ3n) is 4.40. The molecule has 3 aromatic carbocycles. The second-order valence-corrected chi connectivity index (χ2v) is 6.08. The van der Waals surface area contributed by atoms with E-state index in [9.17, 15) is 5.11 Å². The van der Waals surface area contributed by atoms with Crippen molar-refractivity contribution in [2.24, 2.45) is 0 Å². The van der Waals surface area contributed by atoms with E-state index in [1.807, 2.05) is 60.7 Å². The molecular formula is C22H22O. The van der Waals surface area contributed by atoms with Gasteiger partial charge in [-0.15, -0.1) is 0 Å². The first-order valence-corrected chi connectivity index (χ1v) is 8.07. The minimum Gasteiger partial charge on any atom is -0.380 e. The van der Waals surface area contributed by atoms with Gasteiger partial charge in [0.15, 0.2) is 0 Å². The second-order valence-electron chi connectivity index (χ2n) is 6.08. The van der Waals surface area contributed by atoms with Crippen LogP contribution in [0.25, 0.3) is 0 Å². The molecule has 1 atom stereocenters. The summed E-state index contributed by atoms with van der Waals surface area (Å²) in [5, 5.41) is 11.5. The Morgan fingerprint density at radius 2 is 1.22 bits per heavy atom. The van der Waals surface area contributed by atoms with Crippen molar-refractivity contribution in [1.29, 1.82) is 0 Å². The van der Waals surface area contributed by atoms with E-state index in [2.05, 4.69) is 31.2 Å². The van der Waals surface area contributed by atoms with Gasteiger partial charge in [0.25, 0.3) is 0 Å². The fourth-order valence-corrected chi connectivity index (χ4v) is 2.97. The normalized spacial score (nSPS) is 13.5. The SMILES string of the molecule is Cc1ccc(C(O)(CCc2ccccc2)c2ccccc2)cc1. The standard InChI is InChI=1S/C22H22O/c1-18-12-14-21(15-13-18)22(23,20-10-6-3-7-11-20)17-16-19-8-4-2-5-9-19/h2-15,23H,16-17H2,1H3. The number of hydrogen-bond donors (Lipinski definition) is 1. The fraction of sp³-hybridized carbons (Fsp3) is 0.182. The van der Waals surface area contributed by atoms with Gasteiger partial charge in [-0.1, -0.05) is 90.5 Å². The van der Waals surface area contributed by atoms with Gasteiger partial charge in [-0.2, -0.15) is 0 Å². The van der Waals surface area contributed by atoms with Crippen LogP contribution in [0, 0.1) is 6.92 Å². The maximum Gasteiger partial charge on any atom is 0.115 e. The van der Waals surface area contributed by atoms with Crippen LogP contribution in [0.5, 0.6) is 0 Å². The molecule has 0 radical (unpaired) electrons. The lowest BCUT2D eigenvalue weighted by atomic mass is 9.81. The molecule has 0 aliphatic carbocycles. The Morgan fingerprint density at radius 3 is 1.83 bits per heavy atom. The lowest BCUT2D eigenvalue weighted by molar-refractivity contribution is 0.0713. The van der Waals surface area contributed by atoms with Crippen molar-refractivity contribution >= 4 is 0 Å². The first-order valence-electron chi connectivity index (χ1n) is 8.07. The average Bonchev–Trinajstić information content (AvgIpc) is 2.62. The van der Waals surface area contributed by atoms with E-state index in [4.69, 9.17) is 0 Å². The average molecular weight is 302 g/mol. The van der Waals surface area contributed by atoms with Crippen LogP contribution in [-0.4, -0.2) is 5.11 Å². The van der Waals surface area contributed by atoms with Crippen LogP contribution >= 0.6 is 0 Å². The highest BCUT2D eigenvalue weighted by Crippen LogP contribution is 2.34. The van der Waals surface area contributed by atoms with E-state index in [0.717, 1.165) is 17.5 Å². The Labute approximate surface area is 138 Å². The van der Waals surface area contributed by atoms with Crippen molar-refractivity contribution in [3.05, 3.63) is 107 Å². The Morgan fingerprint density at radius 1 is 0.696 bits per heavy atom. The van der Waals surface area contributed by atoms with Gasteiger partial charge in [-0.25, -0.2) is 0 Å². The van der Waals surface area contributed by atoms with Crippen LogP contribution < -0.4 is 0 Å². The van der Waals surface area contributed by atoms with Crippen molar-refractivity contribution in [2.45, 2.75) is 25.4 Å². The molecule has 0 aromatic heterocycles. The van der Waals surface area contributed by atoms with Crippen LogP contribution in [0.2, 0.25) is 0 Å². The van der Waals surface area contributed by atoms with Gasteiger partial charge in [0.2, 0.25) is 0 Å². The molecule has 1 unspecified atom stereocenters. The molecule has 0 fully saturated rings. The third kappa shape index (κ3) is 3.52. The summed E-state index contributed by atoms with van der Waals surface area (Å²) in [4.78, 5) is 0. The summed E-state index contributed by atoms with van der Waals surface area (Å²) in [6.45, 7) is 2.06. The monoisotopic (exact) mass is 302 g/mol. The zero-order chi connectivity index (χ0) is 16.1. The summed E-state index contributed by atoms with van der Waals surface area (Å²) < 4.78 is 0. The van der Waals surface area contributed by atoms with Crippen LogP contribution in [-0.2, 0) is 12.0 Å². The molecule has 0 saturated heterocycles. The van der Waals surface area contributed by atoms with Gasteiger partial charge in [0.05, 0.1) is 0 Å². The number of rotatable bonds is 5. The summed E-state index contributed by atoms with van der Waals surface area (Å²) in [5.41, 5.74) is 3.37. The summed E-state index contributed by atoms with van der Waals surface area (Å²) in [7, 11) is 0. The molecule has 0 amide bonds. The van der Waals surface area contributed by atoms with E-state index < -0.39 is 5.60 Å². The molecule has 0 heterocycles. The van der Waals surface area contributed by atoms with E-state index in [1.54, 1.807) is 0 Å². The summed E-state index contributed by atoms with van der Waals surface area (Å²) in [6.07, 6.45) is 1.49. The van der Waals surface area contributed by atoms with Gasteiger partial charge < -0.3 is 5.11 Å². The van der Waals surface area contributed by atoms with E-state index in [1.165, 1.54) is 11.1 Å². The predicted molar refractivity (Wildman–Crippen MR) is 95.4 cm³/mol. The highest BCUT2D eigenvalue weighted by molar-refractivity contribution is 5.37. The molecule has 3 rings (SSSR count). The molecule has 1 N–H and O–H groups in total. The van der Waals surface area contributed by atoms with Gasteiger partial charge in [-0.3, -0.25) is 0 Å². The van der Waals surface area contributed by atoms with Crippen molar-refractivity contribution < 1.29 is 5.11 Å². The quantitative estimate of drug-likeness (QED) is 0.713. The van der Waals surface area contributed by atoms with Crippen molar-refractivity contribution in [3.8, 4) is 0 Å². The molecule has 23 heavy (non-hydrogen) atoms. The van der Waals surface area contributed by atoms with Crippen molar-refractivity contribution in [2.75, 3.05) is 0 Å². The van der Waals surface area contributed by atoms with Crippen molar-refractivity contribution in [3.63, 3.8) is 0 Å². The highest BCUT2D eigenvalue weighted by atomic mass is 16.3. The number of hydrogen-bond acceptors (Lipinski definition) is 1. The van der Waals surface area contributed by atoms with Gasteiger partial charge >= 0.3 is 0 Å². The van der Waals surface area contributed by atoms with Gasteiger partial charge in [-0.05, 0) is 36.5 Å². The van der Waals surface area contributed by atoms with Crippen LogP contribution in [0.1, 0.15) is 28.7 Å². The number of aliphatic hydroxyl groups is 1. The van der Waals surface area contributed by atoms with E-state index in [0.29, 0.717) is 6.42 Å². The zero-order valence-electron chi connectivity index (χ0n) is 13.4. The Balaban J connectivity index is 1.95. The van der Waals surface area contributed by atoms with Crippen LogP contribution in [0.3, 0.4) is 0 Å². The molecule has 3 aromatic rings. The summed E-state index contributed by atoms with van der Waals surface area (Å²) in [5.74, 6) is 0. The smallest absolute Gasteiger partial charge is 0.115 e. The minimum atomic E-state index is -0.967. The lowest BCUT2D eigenvalue weighted by Crippen LogP contribution is -2.28. The third-order valence-corrected chi connectivity index (χ3v) is 4.40. The molecule has 116 valence electrons. The fourth-order valence-electron chi connectivity index (χ4n) is 2.97. The van der Waals surface area contributed by atoms with Gasteiger partial charge in [0.1, 0.15) is 5.60 Å². The predicted octanol–water partition coefficient (Wildman–Crippen LogP) is 4.86. The Hall–Kier alpha value is -2.38. The molecular weight excluding hydrogens is 280 g/mol. The summed E-state index contributed by atoms with van der Waals surface area (Å²) in [6, 6.07) is 28.5. The summed E-state index contributed by atoms with van der Waals surface area (Å²) >= 11 is 0. The molecule has 0 aliphatic rings. The first kappa shape index (κ1) is 15.5. The maximum absolute atomic E-state index is 11.5. The number of benzene rings is 3. The lowest BCUT2D eigenvalue weighted by Gasteiger charge is -2.30. The molecule has 1 nitrogen and oxygen atoms in total. The molecule has 0 spiro atoms. The molecule has 0 aliphatic heterocycles. The van der Waals surface area contributed by atoms with E-state index >= 15 is 0 Å². The zero-order valence-corrected chi connectivity index (χ0v) is 13.4. The van der Waals surface area contributed by atoms with Crippen LogP contribution in [0.4, 0.5) is 0 Å². The molecule has 0 saturated carbocycles. The minimum absolute atomic E-state index is 0.657. The largest absolute Gasteiger partial charge is 0.380 e. The first-order chi connectivity index (χ1) is 11.2. The Kier molecular flexibility index (Phi) is 4.59. The second kappa shape index (κ2) is 6.80. The van der Waals surface area contributed by atoms with Gasteiger partial charge in [0, 0.05) is 0 Å². The maximum atomic E-state index is 11.5. The van der Waals surface area contributed by atoms with Crippen molar-refractivity contribution in [1.82, 2.24) is 0 Å². The van der Waals surface area contributed by atoms with Crippen LogP contribution in [0.15, 0.2) is 84.9 Å². The highest BCUT2D eigenvalue weighted by Gasteiger charge is 2.30. The Bertz CT molecular complexity index is 732. The molecule has 0 bridgehead atoms. The number of aryl methyl sites for hydroxylation is 2. The topological polar surface area (TPSA) is 20.2 Å².